The number of carbonyl (C=O) groups is 1. The van der Waals surface area contributed by atoms with Crippen molar-refractivity contribution in [3.05, 3.63) is 42.6 Å². The third-order valence-electron chi connectivity index (χ3n) is 4.06. The van der Waals surface area contributed by atoms with Crippen molar-refractivity contribution < 1.29 is 14.3 Å². The molecule has 5 nitrogen and oxygen atoms in total. The van der Waals surface area contributed by atoms with E-state index in [0.29, 0.717) is 19.4 Å². The number of amides is 1. The van der Waals surface area contributed by atoms with Gasteiger partial charge in [0.05, 0.1) is 0 Å². The van der Waals surface area contributed by atoms with E-state index in [0.717, 1.165) is 12.1 Å². The molecular weight excluding hydrogens is 256 g/mol. The van der Waals surface area contributed by atoms with Gasteiger partial charge >= 0.3 is 0 Å². The molecule has 3 heterocycles. The molecule has 0 spiro atoms. The van der Waals surface area contributed by atoms with Gasteiger partial charge in [0, 0.05) is 43.7 Å². The largest absolute Gasteiger partial charge is 0.459 e. The first kappa shape index (κ1) is 13.0. The summed E-state index contributed by atoms with van der Waals surface area (Å²) in [6.07, 6.45) is 6.63. The van der Waals surface area contributed by atoms with Crippen LogP contribution in [-0.4, -0.2) is 35.7 Å². The summed E-state index contributed by atoms with van der Waals surface area (Å²) in [5, 5.41) is 0. The molecule has 1 unspecified atom stereocenters. The molecular formula is C15H18N2O3. The predicted octanol–water partition coefficient (Wildman–Crippen LogP) is 1.81. The van der Waals surface area contributed by atoms with Crippen LogP contribution in [0.1, 0.15) is 25.0 Å². The number of rotatable bonds is 3. The van der Waals surface area contributed by atoms with Gasteiger partial charge in [0.25, 0.3) is 0 Å². The van der Waals surface area contributed by atoms with Crippen molar-refractivity contribution in [2.75, 3.05) is 13.6 Å². The second-order valence-electron chi connectivity index (χ2n) is 5.42. The Morgan fingerprint density at radius 3 is 2.85 bits per heavy atom. The number of aromatic nitrogens is 1. The van der Waals surface area contributed by atoms with Crippen molar-refractivity contribution in [3.8, 4) is 0 Å². The Balaban J connectivity index is 1.88. The molecule has 106 valence electrons. The van der Waals surface area contributed by atoms with E-state index < -0.39 is 0 Å². The summed E-state index contributed by atoms with van der Waals surface area (Å²) in [5.74, 6) is 0.183. The molecule has 1 saturated heterocycles. The highest BCUT2D eigenvalue weighted by atomic mass is 16.7. The second-order valence-corrected chi connectivity index (χ2v) is 5.42. The Labute approximate surface area is 118 Å². The van der Waals surface area contributed by atoms with E-state index in [1.807, 2.05) is 25.2 Å². The lowest BCUT2D eigenvalue weighted by atomic mass is 9.74. The van der Waals surface area contributed by atoms with Crippen molar-refractivity contribution in [3.63, 3.8) is 0 Å². The molecule has 0 aromatic carbocycles. The van der Waals surface area contributed by atoms with Crippen LogP contribution in [0.25, 0.3) is 0 Å². The van der Waals surface area contributed by atoms with E-state index in [4.69, 9.17) is 9.47 Å². The molecule has 2 aliphatic heterocycles. The molecule has 1 amide bonds. The number of carbonyl (C=O) groups excluding carboxylic acids is 1. The van der Waals surface area contributed by atoms with Crippen molar-refractivity contribution >= 4 is 5.91 Å². The van der Waals surface area contributed by atoms with Crippen molar-refractivity contribution in [1.29, 1.82) is 0 Å². The number of likely N-dealkylation sites (tertiary alicyclic amines) is 1. The second kappa shape index (κ2) is 5.15. The lowest BCUT2D eigenvalue weighted by Crippen LogP contribution is -2.49. The molecule has 20 heavy (non-hydrogen) atoms. The summed E-state index contributed by atoms with van der Waals surface area (Å²) in [5.41, 5.74) is 0.791. The molecule has 1 atom stereocenters. The summed E-state index contributed by atoms with van der Waals surface area (Å²) >= 11 is 0. The van der Waals surface area contributed by atoms with Crippen LogP contribution in [0.5, 0.6) is 0 Å². The molecule has 3 rings (SSSR count). The van der Waals surface area contributed by atoms with E-state index in [1.165, 1.54) is 0 Å². The molecule has 0 bridgehead atoms. The van der Waals surface area contributed by atoms with Crippen LogP contribution in [0, 0.1) is 0 Å². The predicted molar refractivity (Wildman–Crippen MR) is 72.5 cm³/mol. The Bertz CT molecular complexity index is 509. The average Bonchev–Trinajstić information content (AvgIpc) is 2.97. The fourth-order valence-electron chi connectivity index (χ4n) is 3.00. The van der Waals surface area contributed by atoms with E-state index in [9.17, 15) is 4.79 Å². The van der Waals surface area contributed by atoms with Crippen LogP contribution in [0.15, 0.2) is 36.9 Å². The van der Waals surface area contributed by atoms with Gasteiger partial charge in [-0.3, -0.25) is 9.78 Å². The van der Waals surface area contributed by atoms with Crippen LogP contribution in [-0.2, 0) is 19.7 Å². The zero-order valence-corrected chi connectivity index (χ0v) is 11.5. The fraction of sp³-hybridized carbons (Fsp3) is 0.467. The van der Waals surface area contributed by atoms with E-state index in [2.05, 4.69) is 4.98 Å². The molecule has 0 N–H and O–H groups in total. The maximum absolute atomic E-state index is 11.8. The van der Waals surface area contributed by atoms with E-state index in [-0.39, 0.29) is 17.6 Å². The van der Waals surface area contributed by atoms with Crippen LogP contribution in [0.4, 0.5) is 0 Å². The van der Waals surface area contributed by atoms with Crippen LogP contribution in [0.3, 0.4) is 0 Å². The molecule has 0 radical (unpaired) electrons. The maximum atomic E-state index is 11.8. The quantitative estimate of drug-likeness (QED) is 0.843. The number of pyridine rings is 1. The number of hydrogen-bond donors (Lipinski definition) is 0. The van der Waals surface area contributed by atoms with Gasteiger partial charge in [0.1, 0.15) is 12.5 Å². The molecule has 2 aliphatic rings. The van der Waals surface area contributed by atoms with Gasteiger partial charge in [-0.1, -0.05) is 6.07 Å². The van der Waals surface area contributed by atoms with Gasteiger partial charge in [-0.05, 0) is 18.6 Å². The number of ether oxygens (including phenoxy) is 2. The minimum atomic E-state index is -0.293. The number of nitrogens with zero attached hydrogens (tertiary/aromatic N) is 2. The summed E-state index contributed by atoms with van der Waals surface area (Å²) in [7, 11) is 1.84. The van der Waals surface area contributed by atoms with Gasteiger partial charge in [0.2, 0.25) is 12.2 Å². The summed E-state index contributed by atoms with van der Waals surface area (Å²) < 4.78 is 10.9. The van der Waals surface area contributed by atoms with Crippen LogP contribution < -0.4 is 0 Å². The zero-order chi connectivity index (χ0) is 14.0. The maximum Gasteiger partial charge on any atom is 0.240 e. The van der Waals surface area contributed by atoms with Crippen molar-refractivity contribution in [1.82, 2.24) is 9.88 Å². The summed E-state index contributed by atoms with van der Waals surface area (Å²) in [6, 6.07) is 5.90. The summed E-state index contributed by atoms with van der Waals surface area (Å²) in [6.45, 7) is 0.645. The third kappa shape index (κ3) is 2.35. The fourth-order valence-corrected chi connectivity index (χ4v) is 3.00. The van der Waals surface area contributed by atoms with Gasteiger partial charge in [-0.25, -0.2) is 0 Å². The molecule has 0 aliphatic carbocycles. The minimum Gasteiger partial charge on any atom is -0.459 e. The first-order valence-electron chi connectivity index (χ1n) is 6.81. The highest BCUT2D eigenvalue weighted by Crippen LogP contribution is 2.38. The Kier molecular flexibility index (Phi) is 3.34. The Morgan fingerprint density at radius 2 is 2.20 bits per heavy atom. The molecule has 1 fully saturated rings. The number of piperidine rings is 1. The van der Waals surface area contributed by atoms with Crippen LogP contribution in [0.2, 0.25) is 0 Å². The minimum absolute atomic E-state index is 0.183. The zero-order valence-electron chi connectivity index (χ0n) is 11.5. The molecule has 5 heteroatoms. The number of hydrogen-bond acceptors (Lipinski definition) is 4. The molecule has 1 aromatic heterocycles. The van der Waals surface area contributed by atoms with Crippen molar-refractivity contribution in [2.45, 2.75) is 31.0 Å². The standard InChI is InChI=1S/C15H18N2O3/c1-17-11-15(6-5-13(17)18,10-14-19-8-9-20-14)12-4-2-3-7-16-12/h2-4,7-9,14H,5-6,10-11H2,1H3. The highest BCUT2D eigenvalue weighted by Gasteiger charge is 2.43. The van der Waals surface area contributed by atoms with E-state index >= 15 is 0 Å². The molecule has 1 aromatic rings. The Hall–Kier alpha value is -2.04. The van der Waals surface area contributed by atoms with Gasteiger partial charge in [-0.15, -0.1) is 0 Å². The number of likely N-dealkylation sites (N-methyl/N-ethyl adjacent to an activating group) is 1. The van der Waals surface area contributed by atoms with Gasteiger partial charge < -0.3 is 14.4 Å². The van der Waals surface area contributed by atoms with Crippen molar-refractivity contribution in [2.24, 2.45) is 0 Å². The molecule has 0 saturated carbocycles. The SMILES string of the molecule is CN1CC(CC2OC=CO2)(c2ccccn2)CCC1=O. The first-order chi connectivity index (χ1) is 9.70. The monoisotopic (exact) mass is 274 g/mol. The third-order valence-corrected chi connectivity index (χ3v) is 4.06. The first-order valence-corrected chi connectivity index (χ1v) is 6.81. The topological polar surface area (TPSA) is 51.7 Å². The highest BCUT2D eigenvalue weighted by molar-refractivity contribution is 5.77. The van der Waals surface area contributed by atoms with Gasteiger partial charge in [0.15, 0.2) is 0 Å². The lowest BCUT2D eigenvalue weighted by Gasteiger charge is -2.41. The average molecular weight is 274 g/mol. The van der Waals surface area contributed by atoms with Gasteiger partial charge in [-0.2, -0.15) is 0 Å². The summed E-state index contributed by atoms with van der Waals surface area (Å²) in [4.78, 5) is 18.1. The van der Waals surface area contributed by atoms with E-state index in [1.54, 1.807) is 23.6 Å². The normalized spacial score (nSPS) is 26.4. The Morgan fingerprint density at radius 1 is 1.40 bits per heavy atom. The lowest BCUT2D eigenvalue weighted by molar-refractivity contribution is -0.135. The smallest absolute Gasteiger partial charge is 0.240 e. The van der Waals surface area contributed by atoms with Crippen LogP contribution >= 0.6 is 0 Å².